The number of hydrogen-bond acceptors (Lipinski definition) is 10. The van der Waals surface area contributed by atoms with Crippen LogP contribution in [0.4, 0.5) is 10.5 Å². The van der Waals surface area contributed by atoms with E-state index in [-0.39, 0.29) is 13.0 Å². The number of carbonyl (C=O) groups excluding carboxylic acids is 2. The van der Waals surface area contributed by atoms with Gasteiger partial charge in [0.25, 0.3) is 0 Å². The summed E-state index contributed by atoms with van der Waals surface area (Å²) < 4.78 is 5.99. The molecule has 4 N–H and O–H groups in total. The van der Waals surface area contributed by atoms with Crippen molar-refractivity contribution in [2.24, 2.45) is 10.9 Å². The number of piperidine rings is 1. The molecule has 0 aliphatic carbocycles. The summed E-state index contributed by atoms with van der Waals surface area (Å²) in [5.41, 5.74) is 2.86. The first-order valence-corrected chi connectivity index (χ1v) is 13.2. The average Bonchev–Trinajstić information content (AvgIpc) is 3.42. The Balaban J connectivity index is 1.71. The molecule has 1 fully saturated rings. The lowest BCUT2D eigenvalue weighted by molar-refractivity contribution is -0.176. The average molecular weight is 536 g/mol. The summed E-state index contributed by atoms with van der Waals surface area (Å²) >= 11 is 1.51. The van der Waals surface area contributed by atoms with Gasteiger partial charge < -0.3 is 25.4 Å². The number of aliphatic hydroxyl groups is 1. The Kier molecular flexibility index (Phi) is 7.11. The van der Waals surface area contributed by atoms with E-state index in [4.69, 9.17) is 9.73 Å². The number of hydrogen-bond donors (Lipinski definition) is 4. The molecule has 3 aromatic rings. The van der Waals surface area contributed by atoms with Crippen LogP contribution in [0.25, 0.3) is 21.5 Å². The van der Waals surface area contributed by atoms with Crippen LogP contribution < -0.4 is 20.9 Å². The van der Waals surface area contributed by atoms with Gasteiger partial charge in [-0.2, -0.15) is 0 Å². The van der Waals surface area contributed by atoms with Crippen molar-refractivity contribution in [3.63, 3.8) is 0 Å². The van der Waals surface area contributed by atoms with E-state index in [1.807, 2.05) is 30.3 Å². The molecule has 0 saturated carbocycles. The van der Waals surface area contributed by atoms with Crippen molar-refractivity contribution in [1.82, 2.24) is 25.9 Å². The number of carbonyl (C=O) groups is 2. The molecular formula is C26H29N7O4S. The molecule has 2 aliphatic rings. The second-order valence-electron chi connectivity index (χ2n) is 9.03. The summed E-state index contributed by atoms with van der Waals surface area (Å²) in [6.45, 7) is 2.76. The maximum absolute atomic E-state index is 13.1. The highest BCUT2D eigenvalue weighted by molar-refractivity contribution is 7.17. The molecule has 1 saturated heterocycles. The molecule has 2 aromatic heterocycles. The number of pyridine rings is 1. The minimum atomic E-state index is -1.92. The van der Waals surface area contributed by atoms with Gasteiger partial charge in [-0.3, -0.25) is 10.3 Å². The zero-order chi connectivity index (χ0) is 26.8. The van der Waals surface area contributed by atoms with Crippen LogP contribution in [0.3, 0.4) is 0 Å². The zero-order valence-electron chi connectivity index (χ0n) is 21.0. The number of fused-ring (bicyclic) bond motifs is 1. The van der Waals surface area contributed by atoms with Gasteiger partial charge in [-0.15, -0.1) is 11.3 Å². The number of urea groups is 1. The van der Waals surface area contributed by atoms with Crippen LogP contribution in [0.2, 0.25) is 0 Å². The third kappa shape index (κ3) is 4.40. The van der Waals surface area contributed by atoms with Crippen molar-refractivity contribution in [3.05, 3.63) is 54.3 Å². The maximum atomic E-state index is 13.1. The Morgan fingerprint density at radius 1 is 1.32 bits per heavy atom. The lowest BCUT2D eigenvalue weighted by Crippen LogP contribution is -2.74. The quantitative estimate of drug-likeness (QED) is 0.352. The Hall–Kier alpha value is -3.87. The first kappa shape index (κ1) is 25.8. The Bertz CT molecular complexity index is 1390. The van der Waals surface area contributed by atoms with Gasteiger partial charge in [-0.25, -0.2) is 19.6 Å². The molecule has 5 rings (SSSR count). The number of benzene rings is 1. The second kappa shape index (κ2) is 10.5. The van der Waals surface area contributed by atoms with E-state index in [1.165, 1.54) is 18.4 Å². The predicted molar refractivity (Wildman–Crippen MR) is 146 cm³/mol. The van der Waals surface area contributed by atoms with Crippen molar-refractivity contribution >= 4 is 45.5 Å². The molecule has 3 unspecified atom stereocenters. The third-order valence-electron chi connectivity index (χ3n) is 6.86. The van der Waals surface area contributed by atoms with E-state index < -0.39 is 29.3 Å². The molecule has 0 spiro atoms. The summed E-state index contributed by atoms with van der Waals surface area (Å²) in [4.78, 5) is 41.6. The molecular weight excluding hydrogens is 506 g/mol. The molecule has 0 bridgehead atoms. The first-order chi connectivity index (χ1) is 18.4. The van der Waals surface area contributed by atoms with Crippen LogP contribution in [-0.2, 0) is 9.53 Å². The molecule has 3 atom stereocenters. The number of methoxy groups -OCH3 is 1. The van der Waals surface area contributed by atoms with Gasteiger partial charge in [0.1, 0.15) is 0 Å². The predicted octanol–water partition coefficient (Wildman–Crippen LogP) is 2.25. The number of allylic oxidation sites excluding steroid dienone is 1. The zero-order valence-corrected chi connectivity index (χ0v) is 21.9. The number of aromatic nitrogens is 2. The number of nitrogens with one attached hydrogen (secondary N) is 3. The fourth-order valence-electron chi connectivity index (χ4n) is 5.12. The van der Waals surface area contributed by atoms with Crippen molar-refractivity contribution in [2.45, 2.75) is 24.7 Å². The summed E-state index contributed by atoms with van der Waals surface area (Å²) in [5, 5.41) is 20.7. The standard InChI is InChI=1S/C26H29N7O4S/c1-3-28-24(35)32-26(21-15-27-11-8-25(21,36)23(34)37-2)31-10-6-12-33(26)17-13-18(19-7-4-5-9-29-19)22-20(14-17)30-16-38-22/h4-7,9-10,12-14,16,21,27,36H,3,8,11,15H2,1-2H3,(H2,28,32,35). The van der Waals surface area contributed by atoms with Gasteiger partial charge in [-0.05, 0) is 50.2 Å². The number of rotatable bonds is 6. The highest BCUT2D eigenvalue weighted by Gasteiger charge is 2.60. The molecule has 11 nitrogen and oxygen atoms in total. The summed E-state index contributed by atoms with van der Waals surface area (Å²) in [6, 6.07) is 9.04. The Labute approximate surface area is 223 Å². The highest BCUT2D eigenvalue weighted by Crippen LogP contribution is 2.43. The first-order valence-electron chi connectivity index (χ1n) is 12.3. The van der Waals surface area contributed by atoms with Gasteiger partial charge in [0.2, 0.25) is 5.79 Å². The number of amides is 2. The lowest BCUT2D eigenvalue weighted by Gasteiger charge is -2.52. The third-order valence-corrected chi connectivity index (χ3v) is 7.74. The summed E-state index contributed by atoms with van der Waals surface area (Å²) in [5.74, 6) is -3.30. The van der Waals surface area contributed by atoms with E-state index in [2.05, 4.69) is 25.9 Å². The molecule has 0 radical (unpaired) electrons. The lowest BCUT2D eigenvalue weighted by atomic mass is 9.76. The van der Waals surface area contributed by atoms with Crippen LogP contribution >= 0.6 is 11.3 Å². The number of ether oxygens (including phenoxy) is 1. The molecule has 2 amide bonds. The normalized spacial score (nSPS) is 24.8. The molecule has 198 valence electrons. The van der Waals surface area contributed by atoms with Gasteiger partial charge in [0, 0.05) is 43.0 Å². The van der Waals surface area contributed by atoms with E-state index in [0.29, 0.717) is 18.8 Å². The van der Waals surface area contributed by atoms with Crippen LogP contribution in [-0.4, -0.2) is 71.4 Å². The number of thiazole rings is 1. The van der Waals surface area contributed by atoms with E-state index >= 15 is 0 Å². The van der Waals surface area contributed by atoms with Crippen LogP contribution in [0, 0.1) is 5.92 Å². The number of aliphatic imine (C=N–C) groups is 1. The number of esters is 1. The van der Waals surface area contributed by atoms with Crippen molar-refractivity contribution in [2.75, 3.05) is 31.6 Å². The largest absolute Gasteiger partial charge is 0.467 e. The van der Waals surface area contributed by atoms with E-state index in [0.717, 1.165) is 21.5 Å². The molecule has 38 heavy (non-hydrogen) atoms. The van der Waals surface area contributed by atoms with E-state index in [1.54, 1.807) is 42.0 Å². The second-order valence-corrected chi connectivity index (χ2v) is 9.89. The van der Waals surface area contributed by atoms with Gasteiger partial charge in [-0.1, -0.05) is 6.07 Å². The topological polar surface area (TPSA) is 141 Å². The maximum Gasteiger partial charge on any atom is 0.338 e. The molecule has 2 aliphatic heterocycles. The fraction of sp³-hybridized carbons (Fsp3) is 0.346. The van der Waals surface area contributed by atoms with Crippen LogP contribution in [0.5, 0.6) is 0 Å². The fourth-order valence-corrected chi connectivity index (χ4v) is 5.91. The smallest absolute Gasteiger partial charge is 0.338 e. The van der Waals surface area contributed by atoms with Crippen molar-refractivity contribution < 1.29 is 19.4 Å². The van der Waals surface area contributed by atoms with Gasteiger partial charge in [0.15, 0.2) is 5.60 Å². The Morgan fingerprint density at radius 2 is 2.18 bits per heavy atom. The molecule has 12 heteroatoms. The molecule has 4 heterocycles. The molecule has 1 aromatic carbocycles. The minimum absolute atomic E-state index is 0.0839. The van der Waals surface area contributed by atoms with Crippen molar-refractivity contribution in [3.8, 4) is 11.3 Å². The van der Waals surface area contributed by atoms with Crippen LogP contribution in [0.1, 0.15) is 13.3 Å². The van der Waals surface area contributed by atoms with Gasteiger partial charge >= 0.3 is 12.0 Å². The van der Waals surface area contributed by atoms with Gasteiger partial charge in [0.05, 0.1) is 34.4 Å². The van der Waals surface area contributed by atoms with Crippen molar-refractivity contribution in [1.29, 1.82) is 0 Å². The number of nitrogens with zero attached hydrogens (tertiary/aromatic N) is 4. The SMILES string of the molecule is CCNC(=O)NC1(C2CNCCC2(O)C(=O)OC)N=CC=CN1c1cc(-c2ccccn2)c2scnc2c1. The van der Waals surface area contributed by atoms with Crippen LogP contribution in [0.15, 0.2) is 59.3 Å². The minimum Gasteiger partial charge on any atom is -0.467 e. The number of anilines is 1. The highest BCUT2D eigenvalue weighted by atomic mass is 32.1. The summed E-state index contributed by atoms with van der Waals surface area (Å²) in [6.07, 6.45) is 6.86. The Morgan fingerprint density at radius 3 is 2.95 bits per heavy atom. The summed E-state index contributed by atoms with van der Waals surface area (Å²) in [7, 11) is 1.24. The van der Waals surface area contributed by atoms with E-state index in [9.17, 15) is 14.7 Å². The monoisotopic (exact) mass is 535 g/mol.